The van der Waals surface area contributed by atoms with Crippen LogP contribution in [0.25, 0.3) is 0 Å². The lowest BCUT2D eigenvalue weighted by Gasteiger charge is -2.23. The van der Waals surface area contributed by atoms with Crippen LogP contribution >= 0.6 is 0 Å². The minimum atomic E-state index is -0.299. The molecule has 1 aromatic carbocycles. The first-order chi connectivity index (χ1) is 13.7. The predicted molar refractivity (Wildman–Crippen MR) is 110 cm³/mol. The Morgan fingerprint density at radius 3 is 2.72 bits per heavy atom. The number of rotatable bonds is 4. The van der Waals surface area contributed by atoms with Gasteiger partial charge >= 0.3 is 0 Å². The molecule has 0 saturated heterocycles. The molecule has 1 aromatic heterocycles. The van der Waals surface area contributed by atoms with E-state index < -0.39 is 0 Å². The van der Waals surface area contributed by atoms with Crippen LogP contribution in [0.3, 0.4) is 0 Å². The van der Waals surface area contributed by atoms with Crippen molar-refractivity contribution in [3.05, 3.63) is 52.7 Å². The molecular weight excluding hydrogens is 371 g/mol. The molecule has 6 nitrogen and oxygen atoms in total. The predicted octanol–water partition coefficient (Wildman–Crippen LogP) is 3.97. The molecule has 1 unspecified atom stereocenters. The number of hydrogen-bond acceptors (Lipinski definition) is 5. The van der Waals surface area contributed by atoms with Gasteiger partial charge < -0.3 is 15.0 Å². The first-order valence-electron chi connectivity index (χ1n) is 9.85. The SMILES string of the molecule is COCc1cc(NC2CCN(C(C)=O)Cc3cc(F)ccc32)nc(C(C)(C)C)n1. The zero-order valence-electron chi connectivity index (χ0n) is 17.8. The van der Waals surface area contributed by atoms with E-state index in [9.17, 15) is 9.18 Å². The minimum Gasteiger partial charge on any atom is -0.378 e. The van der Waals surface area contributed by atoms with Crippen molar-refractivity contribution in [1.29, 1.82) is 0 Å². The van der Waals surface area contributed by atoms with E-state index in [1.807, 2.05) is 6.07 Å². The number of methoxy groups -OCH3 is 1. The van der Waals surface area contributed by atoms with Gasteiger partial charge in [0, 0.05) is 38.6 Å². The van der Waals surface area contributed by atoms with Gasteiger partial charge in [-0.2, -0.15) is 0 Å². The zero-order valence-corrected chi connectivity index (χ0v) is 17.8. The summed E-state index contributed by atoms with van der Waals surface area (Å²) in [5.41, 5.74) is 2.39. The highest BCUT2D eigenvalue weighted by atomic mass is 19.1. The van der Waals surface area contributed by atoms with Crippen molar-refractivity contribution >= 4 is 11.7 Å². The maximum atomic E-state index is 13.9. The summed E-state index contributed by atoms with van der Waals surface area (Å²) in [7, 11) is 1.64. The van der Waals surface area contributed by atoms with E-state index in [2.05, 4.69) is 31.1 Å². The average Bonchev–Trinajstić information content (AvgIpc) is 2.80. The number of benzene rings is 1. The van der Waals surface area contributed by atoms with Gasteiger partial charge in [-0.1, -0.05) is 26.8 Å². The Hall–Kier alpha value is -2.54. The second-order valence-electron chi connectivity index (χ2n) is 8.52. The van der Waals surface area contributed by atoms with Crippen molar-refractivity contribution < 1.29 is 13.9 Å². The molecule has 2 heterocycles. The fourth-order valence-electron chi connectivity index (χ4n) is 3.50. The minimum absolute atomic E-state index is 0.0136. The van der Waals surface area contributed by atoms with Crippen molar-refractivity contribution in [2.75, 3.05) is 19.0 Å². The van der Waals surface area contributed by atoms with Gasteiger partial charge in [-0.05, 0) is 29.7 Å². The Labute approximate surface area is 171 Å². The zero-order chi connectivity index (χ0) is 21.2. The van der Waals surface area contributed by atoms with Gasteiger partial charge in [-0.25, -0.2) is 14.4 Å². The summed E-state index contributed by atoms with van der Waals surface area (Å²) in [6, 6.07) is 6.58. The lowest BCUT2D eigenvalue weighted by Crippen LogP contribution is -2.28. The lowest BCUT2D eigenvalue weighted by molar-refractivity contribution is -0.129. The van der Waals surface area contributed by atoms with Crippen LogP contribution in [0.5, 0.6) is 0 Å². The third-order valence-corrected chi connectivity index (χ3v) is 5.04. The monoisotopic (exact) mass is 400 g/mol. The molecule has 0 aliphatic carbocycles. The van der Waals surface area contributed by atoms with Crippen LogP contribution in [0.1, 0.15) is 62.8 Å². The van der Waals surface area contributed by atoms with Gasteiger partial charge in [0.05, 0.1) is 18.3 Å². The average molecular weight is 400 g/mol. The molecule has 7 heteroatoms. The van der Waals surface area contributed by atoms with Crippen LogP contribution in [0.2, 0.25) is 0 Å². The fourth-order valence-corrected chi connectivity index (χ4v) is 3.50. The van der Waals surface area contributed by atoms with Crippen LogP contribution in [-0.2, 0) is 28.1 Å². The van der Waals surface area contributed by atoms with Gasteiger partial charge in [0.2, 0.25) is 5.91 Å². The van der Waals surface area contributed by atoms with Gasteiger partial charge in [0.1, 0.15) is 17.5 Å². The Morgan fingerprint density at radius 1 is 1.31 bits per heavy atom. The van der Waals surface area contributed by atoms with Crippen LogP contribution in [0.4, 0.5) is 10.2 Å². The summed E-state index contributed by atoms with van der Waals surface area (Å²) in [4.78, 5) is 23.0. The summed E-state index contributed by atoms with van der Waals surface area (Å²) in [6.45, 7) is 9.14. The molecule has 3 rings (SSSR count). The maximum absolute atomic E-state index is 13.9. The first kappa shape index (κ1) is 21.2. The standard InChI is InChI=1S/C22H29FN4O2/c1-14(28)27-9-8-19(18-7-6-16(23)10-15(18)12-27)25-20-11-17(13-29-5)24-21(26-20)22(2,3)4/h6-7,10-11,19H,8-9,12-13H2,1-5H3,(H,24,25,26). The third kappa shape index (κ3) is 5.09. The van der Waals surface area contributed by atoms with Crippen LogP contribution in [-0.4, -0.2) is 34.4 Å². The van der Waals surface area contributed by atoms with E-state index in [0.29, 0.717) is 31.9 Å². The molecule has 1 aliphatic heterocycles. The molecular formula is C22H29FN4O2. The van der Waals surface area contributed by atoms with Crippen molar-refractivity contribution in [3.63, 3.8) is 0 Å². The summed E-state index contributed by atoms with van der Waals surface area (Å²) >= 11 is 0. The van der Waals surface area contributed by atoms with Gasteiger partial charge in [-0.15, -0.1) is 0 Å². The number of fused-ring (bicyclic) bond motifs is 1. The summed E-state index contributed by atoms with van der Waals surface area (Å²) in [6.07, 6.45) is 0.701. The largest absolute Gasteiger partial charge is 0.378 e. The second-order valence-corrected chi connectivity index (χ2v) is 8.52. The molecule has 0 spiro atoms. The first-order valence-corrected chi connectivity index (χ1v) is 9.85. The molecule has 29 heavy (non-hydrogen) atoms. The third-order valence-electron chi connectivity index (χ3n) is 5.04. The van der Waals surface area contributed by atoms with Crippen molar-refractivity contribution in [3.8, 4) is 0 Å². The van der Waals surface area contributed by atoms with E-state index in [0.717, 1.165) is 22.6 Å². The Kier molecular flexibility index (Phi) is 6.17. The number of halogens is 1. The quantitative estimate of drug-likeness (QED) is 0.841. The summed E-state index contributed by atoms with van der Waals surface area (Å²) in [5.74, 6) is 1.12. The molecule has 0 bridgehead atoms. The number of ether oxygens (including phenoxy) is 1. The highest BCUT2D eigenvalue weighted by Gasteiger charge is 2.25. The number of carbonyl (C=O) groups is 1. The molecule has 1 atom stereocenters. The van der Waals surface area contributed by atoms with E-state index in [4.69, 9.17) is 9.72 Å². The molecule has 156 valence electrons. The Morgan fingerprint density at radius 2 is 2.07 bits per heavy atom. The summed E-state index contributed by atoms with van der Waals surface area (Å²) in [5, 5.41) is 3.50. The van der Waals surface area contributed by atoms with E-state index >= 15 is 0 Å². The summed E-state index contributed by atoms with van der Waals surface area (Å²) < 4.78 is 19.1. The molecule has 1 N–H and O–H groups in total. The second kappa shape index (κ2) is 8.45. The number of nitrogens with one attached hydrogen (secondary N) is 1. The highest BCUT2D eigenvalue weighted by Crippen LogP contribution is 2.31. The topological polar surface area (TPSA) is 67.3 Å². The number of amides is 1. The normalized spacial score (nSPS) is 16.9. The van der Waals surface area contributed by atoms with Crippen molar-refractivity contribution in [1.82, 2.24) is 14.9 Å². The molecule has 0 radical (unpaired) electrons. The Bertz CT molecular complexity index is 895. The van der Waals surface area contributed by atoms with Crippen LogP contribution < -0.4 is 5.32 Å². The molecule has 1 amide bonds. The van der Waals surface area contributed by atoms with Gasteiger partial charge in [0.25, 0.3) is 0 Å². The van der Waals surface area contributed by atoms with Gasteiger partial charge in [-0.3, -0.25) is 4.79 Å². The molecule has 2 aromatic rings. The van der Waals surface area contributed by atoms with Crippen LogP contribution in [0, 0.1) is 5.82 Å². The molecule has 0 saturated carbocycles. The smallest absolute Gasteiger partial charge is 0.219 e. The van der Waals surface area contributed by atoms with Crippen molar-refractivity contribution in [2.24, 2.45) is 0 Å². The van der Waals surface area contributed by atoms with Gasteiger partial charge in [0.15, 0.2) is 0 Å². The lowest BCUT2D eigenvalue weighted by atomic mass is 9.95. The van der Waals surface area contributed by atoms with Crippen molar-refractivity contribution in [2.45, 2.75) is 58.7 Å². The van der Waals surface area contributed by atoms with E-state index in [-0.39, 0.29) is 23.2 Å². The fraction of sp³-hybridized carbons (Fsp3) is 0.500. The molecule has 0 fully saturated rings. The van der Waals surface area contributed by atoms with E-state index in [1.54, 1.807) is 25.0 Å². The number of anilines is 1. The Balaban J connectivity index is 1.97. The maximum Gasteiger partial charge on any atom is 0.219 e. The highest BCUT2D eigenvalue weighted by molar-refractivity contribution is 5.73. The van der Waals surface area contributed by atoms with E-state index in [1.165, 1.54) is 12.1 Å². The van der Waals surface area contributed by atoms with Crippen LogP contribution in [0.15, 0.2) is 24.3 Å². The number of aromatic nitrogens is 2. The number of carbonyl (C=O) groups excluding carboxylic acids is 1. The number of nitrogens with zero attached hydrogens (tertiary/aromatic N) is 3. The molecule has 1 aliphatic rings. The number of hydrogen-bond donors (Lipinski definition) is 1.